The molecule has 1 aliphatic heterocycles. The monoisotopic (exact) mass is 461 g/mol. The Morgan fingerprint density at radius 1 is 1.18 bits per heavy atom. The number of aromatic nitrogens is 4. The minimum absolute atomic E-state index is 0.277. The lowest BCUT2D eigenvalue weighted by Gasteiger charge is -2.22. The normalized spacial score (nSPS) is 15.0. The van der Waals surface area contributed by atoms with Crippen LogP contribution >= 0.6 is 0 Å². The van der Waals surface area contributed by atoms with Gasteiger partial charge in [0.25, 0.3) is 0 Å². The first-order chi connectivity index (χ1) is 16.6. The van der Waals surface area contributed by atoms with Gasteiger partial charge in [-0.2, -0.15) is 5.10 Å². The van der Waals surface area contributed by atoms with Crippen molar-refractivity contribution in [2.24, 2.45) is 0 Å². The van der Waals surface area contributed by atoms with Crippen LogP contribution in [-0.2, 0) is 9.47 Å². The van der Waals surface area contributed by atoms with Crippen LogP contribution in [0.5, 0.6) is 0 Å². The summed E-state index contributed by atoms with van der Waals surface area (Å²) in [5.41, 5.74) is 4.14. The summed E-state index contributed by atoms with van der Waals surface area (Å²) in [6, 6.07) is 7.69. The average Bonchev–Trinajstić information content (AvgIpc) is 2.86. The zero-order valence-corrected chi connectivity index (χ0v) is 19.6. The Hall–Kier alpha value is -3.43. The summed E-state index contributed by atoms with van der Waals surface area (Å²) < 4.78 is 11.2. The summed E-state index contributed by atoms with van der Waals surface area (Å²) in [7, 11) is 0. The molecule has 3 N–H and O–H groups in total. The fourth-order valence-electron chi connectivity index (χ4n) is 3.64. The van der Waals surface area contributed by atoms with Gasteiger partial charge in [0.1, 0.15) is 5.82 Å². The fraction of sp³-hybridized carbons (Fsp3) is 0.400. The third-order valence-electron chi connectivity index (χ3n) is 5.65. The number of hydrogen-bond acceptors (Lipinski definition) is 9. The molecule has 0 unspecified atom stereocenters. The molecular formula is C25H31N7O2. The topological polar surface area (TPSA) is 118 Å². The molecule has 0 amide bonds. The van der Waals surface area contributed by atoms with E-state index in [-0.39, 0.29) is 6.10 Å². The van der Waals surface area contributed by atoms with Gasteiger partial charge < -0.3 is 25.5 Å². The highest BCUT2D eigenvalue weighted by Gasteiger charge is 2.13. The van der Waals surface area contributed by atoms with E-state index in [0.29, 0.717) is 30.7 Å². The van der Waals surface area contributed by atoms with Gasteiger partial charge in [0, 0.05) is 49.5 Å². The Labute approximate surface area is 199 Å². The van der Waals surface area contributed by atoms with Gasteiger partial charge in [0.05, 0.1) is 29.9 Å². The largest absolute Gasteiger partial charge is 0.388 e. The SMILES string of the molecule is CC(C)c1cnnc(Nc2ccc3ncc(/C(C=N)=C/NCCOC4CCOCC4)cc3n2)c1. The van der Waals surface area contributed by atoms with E-state index in [0.717, 1.165) is 53.8 Å². The minimum atomic E-state index is 0.277. The van der Waals surface area contributed by atoms with Crippen LogP contribution in [0.4, 0.5) is 11.6 Å². The summed E-state index contributed by atoms with van der Waals surface area (Å²) in [6.45, 7) is 7.05. The zero-order valence-electron chi connectivity index (χ0n) is 19.6. The maximum Gasteiger partial charge on any atom is 0.154 e. The van der Waals surface area contributed by atoms with Crippen molar-refractivity contribution in [1.82, 2.24) is 25.5 Å². The number of rotatable bonds is 10. The number of pyridine rings is 2. The van der Waals surface area contributed by atoms with Crippen molar-refractivity contribution in [3.63, 3.8) is 0 Å². The summed E-state index contributed by atoms with van der Waals surface area (Å²) >= 11 is 0. The molecule has 9 heteroatoms. The highest BCUT2D eigenvalue weighted by molar-refractivity contribution is 6.08. The smallest absolute Gasteiger partial charge is 0.154 e. The summed E-state index contributed by atoms with van der Waals surface area (Å²) in [5.74, 6) is 1.67. The minimum Gasteiger partial charge on any atom is -0.388 e. The summed E-state index contributed by atoms with van der Waals surface area (Å²) in [6.07, 6.45) is 8.83. The van der Waals surface area contributed by atoms with Crippen LogP contribution in [0.1, 0.15) is 43.7 Å². The van der Waals surface area contributed by atoms with Crippen LogP contribution in [0.25, 0.3) is 16.6 Å². The van der Waals surface area contributed by atoms with E-state index in [1.165, 1.54) is 6.21 Å². The Morgan fingerprint density at radius 3 is 2.82 bits per heavy atom. The number of nitrogens with one attached hydrogen (secondary N) is 3. The van der Waals surface area contributed by atoms with Gasteiger partial charge >= 0.3 is 0 Å². The van der Waals surface area contributed by atoms with E-state index in [2.05, 4.69) is 44.6 Å². The first-order valence-corrected chi connectivity index (χ1v) is 11.6. The molecular weight excluding hydrogens is 430 g/mol. The van der Waals surface area contributed by atoms with Gasteiger partial charge in [0.2, 0.25) is 0 Å². The molecule has 9 nitrogen and oxygen atoms in total. The molecule has 4 heterocycles. The van der Waals surface area contributed by atoms with E-state index in [1.54, 1.807) is 12.4 Å². The van der Waals surface area contributed by atoms with Crippen molar-refractivity contribution in [3.05, 3.63) is 54.0 Å². The highest BCUT2D eigenvalue weighted by atomic mass is 16.5. The molecule has 3 aromatic heterocycles. The van der Waals surface area contributed by atoms with Crippen LogP contribution in [0.15, 0.2) is 42.9 Å². The van der Waals surface area contributed by atoms with Gasteiger partial charge in [-0.1, -0.05) is 13.8 Å². The lowest BCUT2D eigenvalue weighted by atomic mass is 10.1. The predicted octanol–water partition coefficient (Wildman–Crippen LogP) is 4.06. The molecule has 178 valence electrons. The van der Waals surface area contributed by atoms with Gasteiger partial charge in [-0.15, -0.1) is 5.10 Å². The highest BCUT2D eigenvalue weighted by Crippen LogP contribution is 2.21. The number of ether oxygens (including phenoxy) is 2. The van der Waals surface area contributed by atoms with E-state index in [9.17, 15) is 0 Å². The van der Waals surface area contributed by atoms with E-state index < -0.39 is 0 Å². The molecule has 3 aromatic rings. The standard InChI is InChI=1S/C25H31N7O2/c1-17(2)18-12-25(32-29-16-18)31-24-4-3-22-23(30-24)11-19(15-28-22)20(13-26)14-27-7-10-34-21-5-8-33-9-6-21/h3-4,11-17,21,26-27H,5-10H2,1-2H3,(H,30,31,32)/b20-14+,26-13?. The Kier molecular flexibility index (Phi) is 8.11. The van der Waals surface area contributed by atoms with E-state index in [1.807, 2.05) is 30.5 Å². The summed E-state index contributed by atoms with van der Waals surface area (Å²) in [4.78, 5) is 9.20. The molecule has 1 saturated heterocycles. The van der Waals surface area contributed by atoms with Gasteiger partial charge in [-0.25, -0.2) is 4.98 Å². The Morgan fingerprint density at radius 2 is 2.03 bits per heavy atom. The molecule has 0 bridgehead atoms. The number of nitrogens with zero attached hydrogens (tertiary/aromatic N) is 4. The van der Waals surface area contributed by atoms with E-state index >= 15 is 0 Å². The van der Waals surface area contributed by atoms with E-state index in [4.69, 9.17) is 14.9 Å². The number of anilines is 2. The predicted molar refractivity (Wildman–Crippen MR) is 133 cm³/mol. The van der Waals surface area contributed by atoms with Gasteiger partial charge in [0.15, 0.2) is 5.82 Å². The molecule has 0 aliphatic carbocycles. The second-order valence-corrected chi connectivity index (χ2v) is 8.49. The van der Waals surface area contributed by atoms with Crippen molar-refractivity contribution in [1.29, 1.82) is 5.41 Å². The molecule has 0 radical (unpaired) electrons. The molecule has 4 rings (SSSR count). The lowest BCUT2D eigenvalue weighted by Crippen LogP contribution is -2.26. The first-order valence-electron chi connectivity index (χ1n) is 11.6. The van der Waals surface area contributed by atoms with Crippen LogP contribution in [0.2, 0.25) is 0 Å². The Balaban J connectivity index is 1.41. The molecule has 0 aromatic carbocycles. The fourth-order valence-corrected chi connectivity index (χ4v) is 3.64. The second-order valence-electron chi connectivity index (χ2n) is 8.49. The van der Waals surface area contributed by atoms with Crippen molar-refractivity contribution < 1.29 is 9.47 Å². The van der Waals surface area contributed by atoms with Crippen molar-refractivity contribution in [2.45, 2.75) is 38.7 Å². The van der Waals surface area contributed by atoms with Gasteiger partial charge in [-0.3, -0.25) is 4.98 Å². The van der Waals surface area contributed by atoms with Crippen LogP contribution in [-0.4, -0.2) is 58.8 Å². The van der Waals surface area contributed by atoms with Crippen molar-refractivity contribution in [3.8, 4) is 0 Å². The molecule has 0 atom stereocenters. The zero-order chi connectivity index (χ0) is 23.8. The number of allylic oxidation sites excluding steroid dienone is 1. The maximum absolute atomic E-state index is 7.84. The number of fused-ring (bicyclic) bond motifs is 1. The van der Waals surface area contributed by atoms with Gasteiger partial charge in [-0.05, 0) is 48.6 Å². The van der Waals surface area contributed by atoms with Crippen molar-refractivity contribution >= 4 is 34.5 Å². The summed E-state index contributed by atoms with van der Waals surface area (Å²) in [5, 5.41) is 22.5. The average molecular weight is 462 g/mol. The Bertz CT molecular complexity index is 1140. The molecule has 1 aliphatic rings. The van der Waals surface area contributed by atoms with Crippen LogP contribution in [0, 0.1) is 5.41 Å². The van der Waals surface area contributed by atoms with Crippen molar-refractivity contribution in [2.75, 3.05) is 31.7 Å². The molecule has 34 heavy (non-hydrogen) atoms. The van der Waals surface area contributed by atoms with Crippen LogP contribution in [0.3, 0.4) is 0 Å². The van der Waals surface area contributed by atoms with Crippen LogP contribution < -0.4 is 10.6 Å². The third kappa shape index (κ3) is 6.33. The first kappa shape index (κ1) is 23.7. The molecule has 1 fully saturated rings. The second kappa shape index (κ2) is 11.6. The number of hydrogen-bond donors (Lipinski definition) is 3. The maximum atomic E-state index is 7.84. The quantitative estimate of drug-likeness (QED) is 0.306. The lowest BCUT2D eigenvalue weighted by molar-refractivity contribution is -0.0300. The molecule has 0 saturated carbocycles. The third-order valence-corrected chi connectivity index (χ3v) is 5.65. The molecule has 0 spiro atoms.